The van der Waals surface area contributed by atoms with Gasteiger partial charge in [-0.2, -0.15) is 0 Å². The molecule has 0 bridgehead atoms. The van der Waals surface area contributed by atoms with Crippen molar-refractivity contribution in [1.82, 2.24) is 9.80 Å². The van der Waals surface area contributed by atoms with Gasteiger partial charge in [0.15, 0.2) is 0 Å². The van der Waals surface area contributed by atoms with Crippen LogP contribution in [0.4, 0.5) is 10.5 Å². The van der Waals surface area contributed by atoms with Gasteiger partial charge in [-0.15, -0.1) is 0 Å². The van der Waals surface area contributed by atoms with Crippen LogP contribution >= 0.6 is 15.9 Å². The van der Waals surface area contributed by atoms with Gasteiger partial charge in [-0.05, 0) is 31.0 Å². The lowest BCUT2D eigenvalue weighted by molar-refractivity contribution is 0.158. The molecule has 1 fully saturated rings. The fourth-order valence-electron chi connectivity index (χ4n) is 2.51. The van der Waals surface area contributed by atoms with Crippen molar-refractivity contribution in [3.8, 4) is 5.75 Å². The summed E-state index contributed by atoms with van der Waals surface area (Å²) in [7, 11) is 5.25. The molecule has 1 aromatic carbocycles. The molecule has 2 amide bonds. The number of likely N-dealkylation sites (tertiary alicyclic amines) is 1. The maximum atomic E-state index is 11.9. The quantitative estimate of drug-likeness (QED) is 0.906. The molecule has 0 unspecified atom stereocenters. The van der Waals surface area contributed by atoms with Crippen molar-refractivity contribution in [2.75, 3.05) is 39.6 Å². The number of carbonyl (C=O) groups excluding carboxylic acids is 1. The highest BCUT2D eigenvalue weighted by Crippen LogP contribution is 2.29. The van der Waals surface area contributed by atoms with Gasteiger partial charge in [0, 0.05) is 37.7 Å². The van der Waals surface area contributed by atoms with Crippen LogP contribution in [0.2, 0.25) is 0 Å². The number of rotatable bonds is 3. The van der Waals surface area contributed by atoms with E-state index in [1.54, 1.807) is 26.1 Å². The van der Waals surface area contributed by atoms with E-state index in [-0.39, 0.29) is 6.03 Å². The van der Waals surface area contributed by atoms with Gasteiger partial charge in [0.25, 0.3) is 0 Å². The number of piperidine rings is 1. The zero-order valence-electron chi connectivity index (χ0n) is 12.7. The maximum Gasteiger partial charge on any atom is 0.319 e. The van der Waals surface area contributed by atoms with Crippen molar-refractivity contribution >= 4 is 27.6 Å². The minimum absolute atomic E-state index is 0.0912. The highest BCUT2D eigenvalue weighted by molar-refractivity contribution is 9.10. The number of anilines is 1. The predicted molar refractivity (Wildman–Crippen MR) is 88.0 cm³/mol. The average molecular weight is 356 g/mol. The number of carbonyl (C=O) groups is 1. The van der Waals surface area contributed by atoms with Crippen LogP contribution in [0.25, 0.3) is 0 Å². The van der Waals surface area contributed by atoms with E-state index in [1.807, 2.05) is 23.1 Å². The second-order valence-electron chi connectivity index (χ2n) is 5.43. The Labute approximate surface area is 134 Å². The van der Waals surface area contributed by atoms with E-state index >= 15 is 0 Å². The van der Waals surface area contributed by atoms with Gasteiger partial charge in [-0.1, -0.05) is 15.9 Å². The lowest BCUT2D eigenvalue weighted by Gasteiger charge is -2.34. The third-order valence-corrected chi connectivity index (χ3v) is 4.16. The van der Waals surface area contributed by atoms with Crippen LogP contribution in [0.1, 0.15) is 12.8 Å². The highest BCUT2D eigenvalue weighted by atomic mass is 79.9. The number of ether oxygens (including phenoxy) is 1. The summed E-state index contributed by atoms with van der Waals surface area (Å²) in [5.74, 6) is 0.838. The van der Waals surface area contributed by atoms with E-state index < -0.39 is 0 Å². The summed E-state index contributed by atoms with van der Waals surface area (Å²) < 4.78 is 6.40. The summed E-state index contributed by atoms with van der Waals surface area (Å²) in [6, 6.07) is 6.38. The minimum Gasteiger partial charge on any atom is -0.495 e. The molecule has 1 aliphatic heterocycles. The molecular formula is C15H22BrN3O2. The standard InChI is InChI=1S/C15H22BrN3O2/c1-18(2)15(20)19-8-6-12(7-9-19)17-13-10-11(16)4-5-14(13)21-3/h4-5,10,12,17H,6-9H2,1-3H3. The number of urea groups is 1. The fourth-order valence-corrected chi connectivity index (χ4v) is 2.87. The largest absolute Gasteiger partial charge is 0.495 e. The molecule has 5 nitrogen and oxygen atoms in total. The van der Waals surface area contributed by atoms with Crippen LogP contribution in [0, 0.1) is 0 Å². The number of nitrogens with one attached hydrogen (secondary N) is 1. The third kappa shape index (κ3) is 4.03. The lowest BCUT2D eigenvalue weighted by atomic mass is 10.0. The zero-order chi connectivity index (χ0) is 15.4. The molecule has 0 spiro atoms. The summed E-state index contributed by atoms with van der Waals surface area (Å²) >= 11 is 3.48. The number of benzene rings is 1. The van der Waals surface area contributed by atoms with Crippen molar-refractivity contribution < 1.29 is 9.53 Å². The number of nitrogens with zero attached hydrogens (tertiary/aromatic N) is 2. The molecule has 21 heavy (non-hydrogen) atoms. The molecule has 0 aliphatic carbocycles. The predicted octanol–water partition coefficient (Wildman–Crippen LogP) is 3.02. The number of methoxy groups -OCH3 is 1. The summed E-state index contributed by atoms with van der Waals surface area (Å²) in [5.41, 5.74) is 0.990. The first-order valence-corrected chi connectivity index (χ1v) is 7.87. The molecule has 1 aromatic rings. The SMILES string of the molecule is COc1ccc(Br)cc1NC1CCN(C(=O)N(C)C)CC1. The fraction of sp³-hybridized carbons (Fsp3) is 0.533. The van der Waals surface area contributed by atoms with E-state index in [0.29, 0.717) is 6.04 Å². The molecular weight excluding hydrogens is 334 g/mol. The highest BCUT2D eigenvalue weighted by Gasteiger charge is 2.24. The van der Waals surface area contributed by atoms with Crippen LogP contribution in [-0.2, 0) is 0 Å². The van der Waals surface area contributed by atoms with Crippen molar-refractivity contribution in [3.05, 3.63) is 22.7 Å². The Kier molecular flexibility index (Phi) is 5.33. The number of hydrogen-bond donors (Lipinski definition) is 1. The molecule has 1 N–H and O–H groups in total. The van der Waals surface area contributed by atoms with Crippen LogP contribution in [0.15, 0.2) is 22.7 Å². The molecule has 1 aliphatic rings. The normalized spacial score (nSPS) is 15.7. The van der Waals surface area contributed by atoms with Gasteiger partial charge >= 0.3 is 6.03 Å². The van der Waals surface area contributed by atoms with Gasteiger partial charge in [0.1, 0.15) is 5.75 Å². The third-order valence-electron chi connectivity index (χ3n) is 3.67. The van der Waals surface area contributed by atoms with Crippen LogP contribution in [0.3, 0.4) is 0 Å². The summed E-state index contributed by atoms with van der Waals surface area (Å²) in [5, 5.41) is 3.52. The first-order valence-electron chi connectivity index (χ1n) is 7.07. The van der Waals surface area contributed by atoms with E-state index in [1.165, 1.54) is 0 Å². The Hall–Kier alpha value is -1.43. The van der Waals surface area contributed by atoms with E-state index in [4.69, 9.17) is 4.74 Å². The minimum atomic E-state index is 0.0912. The van der Waals surface area contributed by atoms with E-state index in [0.717, 1.165) is 41.8 Å². The van der Waals surface area contributed by atoms with Crippen LogP contribution in [-0.4, -0.2) is 56.2 Å². The monoisotopic (exact) mass is 355 g/mol. The van der Waals surface area contributed by atoms with Gasteiger partial charge < -0.3 is 19.9 Å². The Morgan fingerprint density at radius 1 is 1.38 bits per heavy atom. The lowest BCUT2D eigenvalue weighted by Crippen LogP contribution is -2.46. The molecule has 1 saturated heterocycles. The Morgan fingerprint density at radius 3 is 2.62 bits per heavy atom. The maximum absolute atomic E-state index is 11.9. The number of hydrogen-bond acceptors (Lipinski definition) is 3. The average Bonchev–Trinajstić information content (AvgIpc) is 2.47. The van der Waals surface area contributed by atoms with Crippen molar-refractivity contribution in [2.45, 2.75) is 18.9 Å². The molecule has 2 rings (SSSR count). The smallest absolute Gasteiger partial charge is 0.319 e. The summed E-state index contributed by atoms with van der Waals surface area (Å²) in [6.07, 6.45) is 1.88. The number of halogens is 1. The molecule has 0 atom stereocenters. The Bertz CT molecular complexity index is 500. The molecule has 116 valence electrons. The molecule has 0 aromatic heterocycles. The van der Waals surface area contributed by atoms with E-state index in [9.17, 15) is 4.79 Å². The first-order chi connectivity index (χ1) is 10.0. The van der Waals surface area contributed by atoms with Gasteiger partial charge in [0.2, 0.25) is 0 Å². The van der Waals surface area contributed by atoms with Gasteiger partial charge in [0.05, 0.1) is 12.8 Å². The van der Waals surface area contributed by atoms with E-state index in [2.05, 4.69) is 21.2 Å². The molecule has 6 heteroatoms. The molecule has 0 saturated carbocycles. The Morgan fingerprint density at radius 2 is 2.05 bits per heavy atom. The second kappa shape index (κ2) is 7.02. The topological polar surface area (TPSA) is 44.8 Å². The summed E-state index contributed by atoms with van der Waals surface area (Å²) in [4.78, 5) is 15.4. The second-order valence-corrected chi connectivity index (χ2v) is 6.34. The zero-order valence-corrected chi connectivity index (χ0v) is 14.3. The first kappa shape index (κ1) is 15.9. The summed E-state index contributed by atoms with van der Waals surface area (Å²) in [6.45, 7) is 1.57. The van der Waals surface area contributed by atoms with Crippen molar-refractivity contribution in [1.29, 1.82) is 0 Å². The van der Waals surface area contributed by atoms with Crippen LogP contribution < -0.4 is 10.1 Å². The van der Waals surface area contributed by atoms with Crippen LogP contribution in [0.5, 0.6) is 5.75 Å². The van der Waals surface area contributed by atoms with Gasteiger partial charge in [-0.3, -0.25) is 0 Å². The van der Waals surface area contributed by atoms with Crippen molar-refractivity contribution in [3.63, 3.8) is 0 Å². The number of amides is 2. The molecule has 0 radical (unpaired) electrons. The van der Waals surface area contributed by atoms with Gasteiger partial charge in [-0.25, -0.2) is 4.79 Å². The molecule has 1 heterocycles. The van der Waals surface area contributed by atoms with Crippen molar-refractivity contribution in [2.24, 2.45) is 0 Å². The Balaban J connectivity index is 1.95.